The number of sulfonamides is 1. The molecule has 2 aromatic carbocycles. The topological polar surface area (TPSA) is 87.2 Å². The Kier molecular flexibility index (Phi) is 6.17. The predicted molar refractivity (Wildman–Crippen MR) is 119 cm³/mol. The van der Waals surface area contributed by atoms with E-state index >= 15 is 0 Å². The van der Waals surface area contributed by atoms with Gasteiger partial charge in [-0.1, -0.05) is 24.3 Å². The third kappa shape index (κ3) is 4.53. The monoisotopic (exact) mass is 443 g/mol. The Morgan fingerprint density at radius 2 is 1.74 bits per heavy atom. The first-order valence-corrected chi connectivity index (χ1v) is 11.8. The smallest absolute Gasteiger partial charge is 0.244 e. The molecular weight excluding hydrogens is 417 g/mol. The lowest BCUT2D eigenvalue weighted by Gasteiger charge is -2.31. The van der Waals surface area contributed by atoms with E-state index in [0.717, 1.165) is 42.9 Å². The van der Waals surface area contributed by atoms with Crippen molar-refractivity contribution in [3.05, 3.63) is 60.2 Å². The number of hydrogen-bond donors (Lipinski definition) is 2. The van der Waals surface area contributed by atoms with E-state index in [4.69, 9.17) is 9.97 Å². The number of fused-ring (bicyclic) bond motifs is 1. The molecule has 1 aromatic heterocycles. The van der Waals surface area contributed by atoms with Crippen LogP contribution in [0.15, 0.2) is 53.4 Å². The van der Waals surface area contributed by atoms with E-state index in [1.54, 1.807) is 0 Å². The number of anilines is 1. The molecule has 1 aliphatic rings. The van der Waals surface area contributed by atoms with E-state index in [1.165, 1.54) is 18.2 Å². The first-order chi connectivity index (χ1) is 14.9. The molecule has 0 radical (unpaired) electrons. The zero-order chi connectivity index (χ0) is 22.0. The number of nitrogens with zero attached hydrogens (tertiary/aromatic N) is 3. The summed E-state index contributed by atoms with van der Waals surface area (Å²) in [5.41, 5.74) is 0.736. The van der Waals surface area contributed by atoms with Crippen molar-refractivity contribution in [3.63, 3.8) is 0 Å². The lowest BCUT2D eigenvalue weighted by molar-refractivity contribution is 0.298. The lowest BCUT2D eigenvalue weighted by atomic mass is 9.90. The molecule has 1 aliphatic heterocycles. The zero-order valence-electron chi connectivity index (χ0n) is 17.5. The van der Waals surface area contributed by atoms with Crippen molar-refractivity contribution in [1.82, 2.24) is 20.0 Å². The molecule has 2 heterocycles. The van der Waals surface area contributed by atoms with Crippen molar-refractivity contribution >= 4 is 26.7 Å². The summed E-state index contributed by atoms with van der Waals surface area (Å²) in [6, 6.07) is 12.4. The van der Waals surface area contributed by atoms with Crippen molar-refractivity contribution in [2.75, 3.05) is 32.1 Å². The Bertz CT molecular complexity index is 1180. The molecule has 0 amide bonds. The van der Waals surface area contributed by atoms with E-state index in [0.29, 0.717) is 11.6 Å². The minimum Gasteiger partial charge on any atom is -0.362 e. The van der Waals surface area contributed by atoms with Gasteiger partial charge in [-0.25, -0.2) is 27.5 Å². The normalized spacial score (nSPS) is 16.4. The van der Waals surface area contributed by atoms with Gasteiger partial charge >= 0.3 is 0 Å². The Labute approximate surface area is 181 Å². The molecule has 164 valence electrons. The molecule has 7 nitrogen and oxygen atoms in total. The zero-order valence-corrected chi connectivity index (χ0v) is 18.4. The molecule has 0 spiro atoms. The summed E-state index contributed by atoms with van der Waals surface area (Å²) in [5, 5.41) is 4.18. The summed E-state index contributed by atoms with van der Waals surface area (Å²) < 4.78 is 43.3. The first-order valence-electron chi connectivity index (χ1n) is 10.3. The summed E-state index contributed by atoms with van der Waals surface area (Å²) in [6.07, 6.45) is 1.52. The van der Waals surface area contributed by atoms with E-state index in [9.17, 15) is 12.8 Å². The van der Waals surface area contributed by atoms with Crippen LogP contribution in [-0.4, -0.2) is 45.6 Å². The molecule has 0 aliphatic carbocycles. The predicted octanol–water partition coefficient (Wildman–Crippen LogP) is 2.85. The van der Waals surface area contributed by atoms with Crippen molar-refractivity contribution in [2.24, 2.45) is 5.92 Å². The van der Waals surface area contributed by atoms with Crippen LogP contribution in [0.2, 0.25) is 0 Å². The van der Waals surface area contributed by atoms with E-state index in [-0.39, 0.29) is 10.8 Å². The Balaban J connectivity index is 1.82. The molecule has 1 saturated heterocycles. The van der Waals surface area contributed by atoms with Gasteiger partial charge in [-0.05, 0) is 56.1 Å². The van der Waals surface area contributed by atoms with Crippen molar-refractivity contribution in [3.8, 4) is 0 Å². The Hall–Kier alpha value is -2.62. The van der Waals surface area contributed by atoms with Gasteiger partial charge in [0, 0.05) is 19.5 Å². The first kappa shape index (κ1) is 21.6. The molecule has 2 N–H and O–H groups in total. The molecule has 1 unspecified atom stereocenters. The number of halogens is 1. The van der Waals surface area contributed by atoms with Gasteiger partial charge in [0.2, 0.25) is 10.0 Å². The highest BCUT2D eigenvalue weighted by atomic mass is 32.2. The van der Waals surface area contributed by atoms with Crippen molar-refractivity contribution < 1.29 is 12.8 Å². The minimum absolute atomic E-state index is 0.0148. The van der Waals surface area contributed by atoms with Gasteiger partial charge in [-0.2, -0.15) is 0 Å². The minimum atomic E-state index is -4.11. The molecule has 31 heavy (non-hydrogen) atoms. The SMILES string of the molecule is CN(C)c1nc(C(NS(=O)(=O)c2ccccc2F)C2CCNCC2)nc2ccccc12. The molecule has 1 atom stereocenters. The summed E-state index contributed by atoms with van der Waals surface area (Å²) >= 11 is 0. The Morgan fingerprint density at radius 1 is 1.06 bits per heavy atom. The average molecular weight is 444 g/mol. The summed E-state index contributed by atoms with van der Waals surface area (Å²) in [4.78, 5) is 11.0. The van der Waals surface area contributed by atoms with Crippen LogP contribution in [0.25, 0.3) is 10.9 Å². The van der Waals surface area contributed by atoms with E-state index in [1.807, 2.05) is 43.3 Å². The van der Waals surface area contributed by atoms with Crippen LogP contribution in [0, 0.1) is 11.7 Å². The number of aromatic nitrogens is 2. The fourth-order valence-corrected chi connectivity index (χ4v) is 5.33. The molecule has 0 saturated carbocycles. The van der Waals surface area contributed by atoms with Gasteiger partial charge in [-0.3, -0.25) is 0 Å². The summed E-state index contributed by atoms with van der Waals surface area (Å²) in [5.74, 6) is 0.310. The Morgan fingerprint density at radius 3 is 2.45 bits per heavy atom. The van der Waals surface area contributed by atoms with E-state index in [2.05, 4.69) is 10.0 Å². The van der Waals surface area contributed by atoms with Crippen LogP contribution in [0.4, 0.5) is 10.2 Å². The van der Waals surface area contributed by atoms with E-state index < -0.39 is 21.9 Å². The summed E-state index contributed by atoms with van der Waals surface area (Å²) in [6.45, 7) is 1.55. The highest BCUT2D eigenvalue weighted by Gasteiger charge is 2.33. The van der Waals surface area contributed by atoms with Crippen LogP contribution in [0.5, 0.6) is 0 Å². The molecule has 4 rings (SSSR count). The van der Waals surface area contributed by atoms with Gasteiger partial charge in [-0.15, -0.1) is 0 Å². The van der Waals surface area contributed by atoms with Crippen LogP contribution >= 0.6 is 0 Å². The van der Waals surface area contributed by atoms with Gasteiger partial charge in [0.25, 0.3) is 0 Å². The average Bonchev–Trinajstić information content (AvgIpc) is 2.77. The fourth-order valence-electron chi connectivity index (χ4n) is 3.99. The number of para-hydroxylation sites is 1. The number of piperidine rings is 1. The van der Waals surface area contributed by atoms with Gasteiger partial charge in [0.1, 0.15) is 22.4 Å². The molecular formula is C22H26FN5O2S. The van der Waals surface area contributed by atoms with Crippen molar-refractivity contribution in [1.29, 1.82) is 0 Å². The van der Waals surface area contributed by atoms with Crippen LogP contribution in [0.3, 0.4) is 0 Å². The standard InChI is InChI=1S/C22H26FN5O2S/c1-28(2)22-16-7-3-5-9-18(16)25-21(26-22)20(15-11-13-24-14-12-15)27-31(29,30)19-10-6-4-8-17(19)23/h3-10,15,20,24,27H,11-14H2,1-2H3. The second-order valence-corrected chi connectivity index (χ2v) is 9.62. The number of nitrogens with one attached hydrogen (secondary N) is 2. The summed E-state index contributed by atoms with van der Waals surface area (Å²) in [7, 11) is -0.332. The highest BCUT2D eigenvalue weighted by molar-refractivity contribution is 7.89. The van der Waals surface area contributed by atoms with Gasteiger partial charge < -0.3 is 10.2 Å². The molecule has 3 aromatic rings. The third-order valence-electron chi connectivity index (χ3n) is 5.57. The van der Waals surface area contributed by atoms with Gasteiger partial charge in [0.15, 0.2) is 0 Å². The van der Waals surface area contributed by atoms with Crippen LogP contribution in [0.1, 0.15) is 24.7 Å². The van der Waals surface area contributed by atoms with Crippen LogP contribution < -0.4 is 14.9 Å². The van der Waals surface area contributed by atoms with Crippen LogP contribution in [-0.2, 0) is 10.0 Å². The molecule has 0 bridgehead atoms. The number of rotatable bonds is 6. The third-order valence-corrected chi connectivity index (χ3v) is 7.04. The largest absolute Gasteiger partial charge is 0.362 e. The second-order valence-electron chi connectivity index (χ2n) is 7.93. The molecule has 9 heteroatoms. The highest BCUT2D eigenvalue weighted by Crippen LogP contribution is 2.32. The number of benzene rings is 2. The maximum atomic E-state index is 14.3. The molecule has 1 fully saturated rings. The van der Waals surface area contributed by atoms with Crippen molar-refractivity contribution in [2.45, 2.75) is 23.8 Å². The number of hydrogen-bond acceptors (Lipinski definition) is 6. The maximum Gasteiger partial charge on any atom is 0.244 e. The van der Waals surface area contributed by atoms with Gasteiger partial charge in [0.05, 0.1) is 11.6 Å². The second kappa shape index (κ2) is 8.86. The lowest BCUT2D eigenvalue weighted by Crippen LogP contribution is -2.40. The maximum absolute atomic E-state index is 14.3. The fraction of sp³-hybridized carbons (Fsp3) is 0.364. The quantitative estimate of drug-likeness (QED) is 0.609.